The molecule has 6 heteroatoms. The lowest BCUT2D eigenvalue weighted by Crippen LogP contribution is -2.62. The van der Waals surface area contributed by atoms with Crippen LogP contribution in [0.2, 0.25) is 0 Å². The number of hydrogen-bond donors (Lipinski definition) is 1. The van der Waals surface area contributed by atoms with Gasteiger partial charge in [0, 0.05) is 32.0 Å². The Hall–Kier alpha value is -1.53. The lowest BCUT2D eigenvalue weighted by atomic mass is 10.1. The SMILES string of the molecule is CNC(=S)N1CC[N+](CCCC=O)(c2ccc(F)cc2)CC1. The molecule has 1 fully saturated rings. The van der Waals surface area contributed by atoms with Crippen molar-refractivity contribution < 1.29 is 9.18 Å². The van der Waals surface area contributed by atoms with E-state index in [0.29, 0.717) is 6.42 Å². The molecule has 22 heavy (non-hydrogen) atoms. The lowest BCUT2D eigenvalue weighted by molar-refractivity contribution is -0.108. The molecule has 0 amide bonds. The molecule has 0 aromatic heterocycles. The number of rotatable bonds is 5. The molecule has 1 aromatic rings. The first-order chi connectivity index (χ1) is 10.6. The number of benzene rings is 1. The van der Waals surface area contributed by atoms with Gasteiger partial charge in [0.15, 0.2) is 5.11 Å². The highest BCUT2D eigenvalue weighted by Gasteiger charge is 2.35. The quantitative estimate of drug-likeness (QED) is 0.388. The van der Waals surface area contributed by atoms with Gasteiger partial charge in [-0.1, -0.05) is 0 Å². The fourth-order valence-corrected chi connectivity index (χ4v) is 3.24. The highest BCUT2D eigenvalue weighted by atomic mass is 32.1. The van der Waals surface area contributed by atoms with Crippen LogP contribution in [-0.4, -0.2) is 56.1 Å². The fourth-order valence-electron chi connectivity index (χ4n) is 3.05. The maximum atomic E-state index is 13.2. The summed E-state index contributed by atoms with van der Waals surface area (Å²) in [5.41, 5.74) is 1.11. The summed E-state index contributed by atoms with van der Waals surface area (Å²) in [4.78, 5) is 12.8. The molecule has 0 radical (unpaired) electrons. The van der Waals surface area contributed by atoms with E-state index in [2.05, 4.69) is 10.2 Å². The Labute approximate surface area is 136 Å². The van der Waals surface area contributed by atoms with Crippen molar-refractivity contribution in [1.82, 2.24) is 14.7 Å². The predicted octanol–water partition coefficient (Wildman–Crippen LogP) is 1.93. The van der Waals surface area contributed by atoms with E-state index in [9.17, 15) is 9.18 Å². The van der Waals surface area contributed by atoms with Crippen molar-refractivity contribution in [1.29, 1.82) is 0 Å². The number of hydrogen-bond acceptors (Lipinski definition) is 2. The molecular formula is C16H23FN3OS+. The number of nitrogens with zero attached hydrogens (tertiary/aromatic N) is 2. The largest absolute Gasteiger partial charge is 0.366 e. The standard InChI is InChI=1S/C16H22FN3OS/c1-18-16(22)19-8-11-20(12-9-19,10-2-3-13-21)15-6-4-14(17)5-7-15/h4-7,13H,2-3,8-12H2,1H3/p+1. The number of carbonyl (C=O) groups is 1. The zero-order valence-electron chi connectivity index (χ0n) is 12.9. The molecule has 0 atom stereocenters. The molecule has 0 spiro atoms. The third kappa shape index (κ3) is 3.81. The third-order valence-electron chi connectivity index (χ3n) is 4.38. The third-order valence-corrected chi connectivity index (χ3v) is 4.84. The topological polar surface area (TPSA) is 32.3 Å². The van der Waals surface area contributed by atoms with Crippen LogP contribution in [0.25, 0.3) is 0 Å². The van der Waals surface area contributed by atoms with E-state index in [4.69, 9.17) is 12.2 Å². The summed E-state index contributed by atoms with van der Waals surface area (Å²) < 4.78 is 14.0. The molecule has 4 nitrogen and oxygen atoms in total. The number of nitrogens with one attached hydrogen (secondary N) is 1. The van der Waals surface area contributed by atoms with Crippen molar-refractivity contribution in [2.45, 2.75) is 12.8 Å². The molecule has 0 saturated carbocycles. The van der Waals surface area contributed by atoms with E-state index in [1.54, 1.807) is 0 Å². The molecule has 2 rings (SSSR count). The van der Waals surface area contributed by atoms with Crippen LogP contribution in [0.5, 0.6) is 0 Å². The van der Waals surface area contributed by atoms with E-state index < -0.39 is 0 Å². The van der Waals surface area contributed by atoms with Gasteiger partial charge in [-0.05, 0) is 24.4 Å². The van der Waals surface area contributed by atoms with E-state index in [1.807, 2.05) is 19.2 Å². The van der Waals surface area contributed by atoms with Gasteiger partial charge < -0.3 is 15.0 Å². The fraction of sp³-hybridized carbons (Fsp3) is 0.500. The molecule has 0 unspecified atom stereocenters. The van der Waals surface area contributed by atoms with E-state index in [0.717, 1.165) is 60.7 Å². The van der Waals surface area contributed by atoms with Crippen LogP contribution in [-0.2, 0) is 4.79 Å². The zero-order valence-corrected chi connectivity index (χ0v) is 13.7. The van der Waals surface area contributed by atoms with Crippen molar-refractivity contribution in [2.24, 2.45) is 0 Å². The zero-order chi connectivity index (χ0) is 16.0. The molecule has 0 bridgehead atoms. The van der Waals surface area contributed by atoms with E-state index >= 15 is 0 Å². The average Bonchev–Trinajstić information content (AvgIpc) is 2.55. The van der Waals surface area contributed by atoms with Gasteiger partial charge in [-0.15, -0.1) is 0 Å². The van der Waals surface area contributed by atoms with Crippen LogP contribution in [0.15, 0.2) is 24.3 Å². The van der Waals surface area contributed by atoms with Crippen molar-refractivity contribution >= 4 is 29.3 Å². The van der Waals surface area contributed by atoms with Gasteiger partial charge in [0.25, 0.3) is 0 Å². The minimum Gasteiger partial charge on any atom is -0.366 e. The van der Waals surface area contributed by atoms with Gasteiger partial charge in [0.05, 0.1) is 19.6 Å². The van der Waals surface area contributed by atoms with Crippen molar-refractivity contribution in [3.05, 3.63) is 30.1 Å². The predicted molar refractivity (Wildman–Crippen MR) is 91.3 cm³/mol. The first kappa shape index (κ1) is 16.8. The summed E-state index contributed by atoms with van der Waals surface area (Å²) in [6.45, 7) is 4.43. The van der Waals surface area contributed by atoms with E-state index in [1.165, 1.54) is 12.1 Å². The van der Waals surface area contributed by atoms with Gasteiger partial charge in [-0.3, -0.25) is 4.48 Å². The molecule has 1 saturated heterocycles. The van der Waals surface area contributed by atoms with Crippen LogP contribution in [0.4, 0.5) is 10.1 Å². The summed E-state index contributed by atoms with van der Waals surface area (Å²) in [5, 5.41) is 3.78. The maximum absolute atomic E-state index is 13.2. The Bertz CT molecular complexity index is 513. The second kappa shape index (κ2) is 7.65. The van der Waals surface area contributed by atoms with Crippen molar-refractivity contribution in [3.63, 3.8) is 0 Å². The molecule has 1 aliphatic heterocycles. The molecule has 120 valence electrons. The highest BCUT2D eigenvalue weighted by Crippen LogP contribution is 2.26. The minimum absolute atomic E-state index is 0.218. The second-order valence-corrected chi connectivity index (χ2v) is 6.03. The Morgan fingerprint density at radius 1 is 1.36 bits per heavy atom. The Balaban J connectivity index is 2.15. The molecule has 1 N–H and O–H groups in total. The van der Waals surface area contributed by atoms with Gasteiger partial charge in [0.1, 0.15) is 30.9 Å². The number of quaternary nitrogens is 1. The summed E-state index contributed by atoms with van der Waals surface area (Å²) in [7, 11) is 1.84. The summed E-state index contributed by atoms with van der Waals surface area (Å²) in [6.07, 6.45) is 2.38. The van der Waals surface area contributed by atoms with Crippen LogP contribution >= 0.6 is 12.2 Å². The normalized spacial score (nSPS) is 17.1. The number of unbranched alkanes of at least 4 members (excludes halogenated alkanes) is 1. The van der Waals surface area contributed by atoms with Crippen LogP contribution in [0, 0.1) is 5.82 Å². The Kier molecular flexibility index (Phi) is 5.85. The summed E-state index contributed by atoms with van der Waals surface area (Å²) in [5.74, 6) is -0.218. The van der Waals surface area contributed by atoms with E-state index in [-0.39, 0.29) is 5.82 Å². The van der Waals surface area contributed by atoms with Gasteiger partial charge in [-0.2, -0.15) is 0 Å². The number of thiocarbonyl (C=S) groups is 1. The Morgan fingerprint density at radius 3 is 2.55 bits per heavy atom. The van der Waals surface area contributed by atoms with Gasteiger partial charge in [-0.25, -0.2) is 4.39 Å². The average molecular weight is 324 g/mol. The maximum Gasteiger partial charge on any atom is 0.169 e. The van der Waals surface area contributed by atoms with Gasteiger partial charge in [0.2, 0.25) is 0 Å². The number of piperazine rings is 1. The van der Waals surface area contributed by atoms with Crippen molar-refractivity contribution in [3.8, 4) is 0 Å². The van der Waals surface area contributed by atoms with Crippen LogP contribution in [0.1, 0.15) is 12.8 Å². The minimum atomic E-state index is -0.218. The smallest absolute Gasteiger partial charge is 0.169 e. The van der Waals surface area contributed by atoms with Crippen LogP contribution < -0.4 is 9.80 Å². The van der Waals surface area contributed by atoms with Crippen LogP contribution in [0.3, 0.4) is 0 Å². The molecule has 0 aliphatic carbocycles. The lowest BCUT2D eigenvalue weighted by Gasteiger charge is -2.45. The summed E-state index contributed by atoms with van der Waals surface area (Å²) in [6, 6.07) is 6.75. The number of aldehydes is 1. The highest BCUT2D eigenvalue weighted by molar-refractivity contribution is 7.80. The molecule has 1 aliphatic rings. The first-order valence-corrected chi connectivity index (χ1v) is 8.05. The van der Waals surface area contributed by atoms with Gasteiger partial charge >= 0.3 is 0 Å². The monoisotopic (exact) mass is 324 g/mol. The molecule has 1 aromatic carbocycles. The number of carbonyl (C=O) groups excluding carboxylic acids is 1. The summed E-state index contributed by atoms with van der Waals surface area (Å²) >= 11 is 5.30. The second-order valence-electron chi connectivity index (χ2n) is 5.64. The molecule has 1 heterocycles. The molecular weight excluding hydrogens is 301 g/mol. The van der Waals surface area contributed by atoms with Crippen molar-refractivity contribution in [2.75, 3.05) is 39.8 Å². The number of halogens is 1. The first-order valence-electron chi connectivity index (χ1n) is 7.64. The Morgan fingerprint density at radius 2 is 2.00 bits per heavy atom.